The summed E-state index contributed by atoms with van der Waals surface area (Å²) >= 11 is 0. The number of pyridine rings is 1. The Kier molecular flexibility index (Phi) is 4.95. The first-order valence-corrected chi connectivity index (χ1v) is 8.92. The molecular weight excluding hydrogens is 342 g/mol. The summed E-state index contributed by atoms with van der Waals surface area (Å²) in [6, 6.07) is 11.8. The number of benzene rings is 1. The normalized spacial score (nSPS) is 17.1. The van der Waals surface area contributed by atoms with Gasteiger partial charge in [-0.2, -0.15) is 5.10 Å². The zero-order valence-corrected chi connectivity index (χ0v) is 14.7. The van der Waals surface area contributed by atoms with Crippen molar-refractivity contribution in [3.05, 3.63) is 77.9 Å². The van der Waals surface area contributed by atoms with E-state index < -0.39 is 6.10 Å². The van der Waals surface area contributed by atoms with Crippen molar-refractivity contribution in [3.63, 3.8) is 0 Å². The molecule has 7 heteroatoms. The van der Waals surface area contributed by atoms with Crippen LogP contribution in [-0.2, 0) is 13.0 Å². The predicted molar refractivity (Wildman–Crippen MR) is 100 cm³/mol. The number of aliphatic hydroxyl groups is 1. The minimum Gasteiger partial charge on any atom is -0.390 e. The molecule has 1 aromatic carbocycles. The maximum absolute atomic E-state index is 12.4. The number of aromatic nitrogens is 3. The summed E-state index contributed by atoms with van der Waals surface area (Å²) in [7, 11) is 0. The predicted octanol–water partition coefficient (Wildman–Crippen LogP) is 1.07. The van der Waals surface area contributed by atoms with Gasteiger partial charge in [-0.3, -0.25) is 9.78 Å². The van der Waals surface area contributed by atoms with Crippen molar-refractivity contribution in [2.75, 3.05) is 6.54 Å². The van der Waals surface area contributed by atoms with Crippen LogP contribution in [0.2, 0.25) is 0 Å². The third-order valence-corrected chi connectivity index (χ3v) is 4.80. The first-order chi connectivity index (χ1) is 13.2. The Morgan fingerprint density at radius 1 is 1.26 bits per heavy atom. The molecule has 1 aliphatic heterocycles. The van der Waals surface area contributed by atoms with E-state index in [1.165, 1.54) is 17.3 Å². The van der Waals surface area contributed by atoms with E-state index in [-0.39, 0.29) is 18.5 Å². The van der Waals surface area contributed by atoms with Gasteiger partial charge >= 0.3 is 0 Å². The molecule has 4 rings (SSSR count). The molecule has 0 radical (unpaired) electrons. The van der Waals surface area contributed by atoms with Crippen molar-refractivity contribution in [2.45, 2.75) is 25.1 Å². The zero-order valence-electron chi connectivity index (χ0n) is 14.7. The Hall–Kier alpha value is -3.03. The molecule has 2 unspecified atom stereocenters. The van der Waals surface area contributed by atoms with Gasteiger partial charge in [0.05, 0.1) is 29.7 Å². The first-order valence-electron chi connectivity index (χ1n) is 8.92. The van der Waals surface area contributed by atoms with Crippen molar-refractivity contribution >= 4 is 5.91 Å². The molecule has 0 saturated carbocycles. The highest BCUT2D eigenvalue weighted by Gasteiger charge is 2.24. The Morgan fingerprint density at radius 3 is 2.93 bits per heavy atom. The smallest absolute Gasteiger partial charge is 0.254 e. The lowest BCUT2D eigenvalue weighted by Crippen LogP contribution is -2.49. The Bertz CT molecular complexity index is 925. The Balaban J connectivity index is 1.34. The summed E-state index contributed by atoms with van der Waals surface area (Å²) < 4.78 is 1.60. The molecule has 2 atom stereocenters. The van der Waals surface area contributed by atoms with Gasteiger partial charge in [0.15, 0.2) is 0 Å². The molecule has 1 amide bonds. The van der Waals surface area contributed by atoms with Crippen LogP contribution in [0.1, 0.15) is 21.5 Å². The number of amides is 1. The molecule has 0 fully saturated rings. The van der Waals surface area contributed by atoms with Gasteiger partial charge in [-0.25, -0.2) is 4.68 Å². The topological polar surface area (TPSA) is 92.1 Å². The number of nitrogens with zero attached hydrogens (tertiary/aromatic N) is 3. The fourth-order valence-corrected chi connectivity index (χ4v) is 3.26. The average Bonchev–Trinajstić information content (AvgIpc) is 3.22. The van der Waals surface area contributed by atoms with Gasteiger partial charge in [-0.1, -0.05) is 24.3 Å². The number of hydrogen-bond donors (Lipinski definition) is 3. The highest BCUT2D eigenvalue weighted by atomic mass is 16.3. The molecule has 3 heterocycles. The van der Waals surface area contributed by atoms with E-state index in [0.717, 1.165) is 18.7 Å². The largest absolute Gasteiger partial charge is 0.390 e. The van der Waals surface area contributed by atoms with Gasteiger partial charge in [-0.05, 0) is 29.7 Å². The molecule has 0 saturated heterocycles. The lowest BCUT2D eigenvalue weighted by atomic mass is 9.93. The molecule has 3 aromatic rings. The fourth-order valence-electron chi connectivity index (χ4n) is 3.26. The van der Waals surface area contributed by atoms with Crippen LogP contribution in [-0.4, -0.2) is 44.5 Å². The van der Waals surface area contributed by atoms with Gasteiger partial charge in [0.25, 0.3) is 5.91 Å². The third-order valence-electron chi connectivity index (χ3n) is 4.80. The van der Waals surface area contributed by atoms with E-state index in [2.05, 4.69) is 32.8 Å². The molecule has 2 aromatic heterocycles. The number of aliphatic hydroxyl groups excluding tert-OH is 1. The van der Waals surface area contributed by atoms with Crippen molar-refractivity contribution < 1.29 is 9.90 Å². The van der Waals surface area contributed by atoms with Gasteiger partial charge in [0.2, 0.25) is 0 Å². The number of hydrogen-bond acceptors (Lipinski definition) is 5. The van der Waals surface area contributed by atoms with Gasteiger partial charge in [-0.15, -0.1) is 0 Å². The van der Waals surface area contributed by atoms with Crippen LogP contribution >= 0.6 is 0 Å². The number of rotatable bonds is 5. The summed E-state index contributed by atoms with van der Waals surface area (Å²) in [5.41, 5.74) is 3.71. The number of carbonyl (C=O) groups excluding carboxylic acids is 1. The Morgan fingerprint density at radius 2 is 2.11 bits per heavy atom. The van der Waals surface area contributed by atoms with E-state index in [1.807, 2.05) is 24.3 Å². The number of carbonyl (C=O) groups is 1. The molecule has 138 valence electrons. The molecule has 27 heavy (non-hydrogen) atoms. The molecule has 3 N–H and O–H groups in total. The van der Waals surface area contributed by atoms with Crippen LogP contribution in [0.25, 0.3) is 5.69 Å². The van der Waals surface area contributed by atoms with Gasteiger partial charge in [0, 0.05) is 31.5 Å². The quantitative estimate of drug-likeness (QED) is 0.631. The lowest BCUT2D eigenvalue weighted by molar-refractivity contribution is 0.0870. The van der Waals surface area contributed by atoms with E-state index >= 15 is 0 Å². The second-order valence-corrected chi connectivity index (χ2v) is 6.62. The van der Waals surface area contributed by atoms with E-state index in [0.29, 0.717) is 5.56 Å². The van der Waals surface area contributed by atoms with Crippen LogP contribution in [0.15, 0.2) is 61.2 Å². The molecule has 0 bridgehead atoms. The number of fused-ring (bicyclic) bond motifs is 1. The average molecular weight is 363 g/mol. The van der Waals surface area contributed by atoms with Crippen molar-refractivity contribution in [1.82, 2.24) is 25.4 Å². The summed E-state index contributed by atoms with van der Waals surface area (Å²) in [5, 5.41) is 20.8. The molecule has 7 nitrogen and oxygen atoms in total. The number of nitrogens with one attached hydrogen (secondary N) is 2. The highest BCUT2D eigenvalue weighted by Crippen LogP contribution is 2.17. The minimum atomic E-state index is -0.671. The van der Waals surface area contributed by atoms with E-state index in [9.17, 15) is 9.90 Å². The van der Waals surface area contributed by atoms with Crippen molar-refractivity contribution in [3.8, 4) is 5.69 Å². The van der Waals surface area contributed by atoms with Crippen molar-refractivity contribution in [2.24, 2.45) is 0 Å². The SMILES string of the molecule is O=C(NCC(O)C1Cc2ccccc2CN1)c1cnn(-c2cccnc2)c1. The first kappa shape index (κ1) is 17.4. The summed E-state index contributed by atoms with van der Waals surface area (Å²) in [6.07, 6.45) is 6.57. The summed E-state index contributed by atoms with van der Waals surface area (Å²) in [6.45, 7) is 0.903. The second-order valence-electron chi connectivity index (χ2n) is 6.62. The third kappa shape index (κ3) is 3.89. The molecular formula is C20H21N5O2. The monoisotopic (exact) mass is 363 g/mol. The lowest BCUT2D eigenvalue weighted by Gasteiger charge is -2.29. The maximum Gasteiger partial charge on any atom is 0.254 e. The summed E-state index contributed by atoms with van der Waals surface area (Å²) in [4.78, 5) is 16.4. The van der Waals surface area contributed by atoms with Crippen LogP contribution in [0, 0.1) is 0 Å². The zero-order chi connectivity index (χ0) is 18.6. The fraction of sp³-hybridized carbons (Fsp3) is 0.250. The van der Waals surface area contributed by atoms with Crippen LogP contribution in [0.3, 0.4) is 0 Å². The van der Waals surface area contributed by atoms with Crippen LogP contribution in [0.4, 0.5) is 0 Å². The second kappa shape index (κ2) is 7.69. The van der Waals surface area contributed by atoms with Gasteiger partial charge < -0.3 is 15.7 Å². The highest BCUT2D eigenvalue weighted by molar-refractivity contribution is 5.93. The van der Waals surface area contributed by atoms with E-state index in [1.54, 1.807) is 23.3 Å². The standard InChI is InChI=1S/C20H21N5O2/c26-19(18-8-14-4-1-2-5-15(14)9-22-18)12-23-20(27)16-10-24-25(13-16)17-6-3-7-21-11-17/h1-7,10-11,13,18-19,22,26H,8-9,12H2,(H,23,27). The molecule has 0 aliphatic carbocycles. The minimum absolute atomic E-state index is 0.0849. The van der Waals surface area contributed by atoms with Gasteiger partial charge in [0.1, 0.15) is 0 Å². The Labute approximate surface area is 157 Å². The molecule has 1 aliphatic rings. The van der Waals surface area contributed by atoms with Crippen molar-refractivity contribution in [1.29, 1.82) is 0 Å². The summed E-state index contributed by atoms with van der Waals surface area (Å²) in [5.74, 6) is -0.264. The van der Waals surface area contributed by atoms with Crippen LogP contribution in [0.5, 0.6) is 0 Å². The van der Waals surface area contributed by atoms with E-state index in [4.69, 9.17) is 0 Å². The maximum atomic E-state index is 12.4. The van der Waals surface area contributed by atoms with Crippen LogP contribution < -0.4 is 10.6 Å². The molecule has 0 spiro atoms.